The van der Waals surface area contributed by atoms with Crippen LogP contribution in [0.15, 0.2) is 0 Å². The second-order valence-electron chi connectivity index (χ2n) is 5.15. The van der Waals surface area contributed by atoms with Crippen LogP contribution in [0.4, 0.5) is 11.5 Å². The summed E-state index contributed by atoms with van der Waals surface area (Å²) in [6, 6.07) is 0.183. The molecule has 1 rings (SSSR count). The van der Waals surface area contributed by atoms with Gasteiger partial charge in [0.05, 0.1) is 4.92 Å². The van der Waals surface area contributed by atoms with Gasteiger partial charge in [-0.1, -0.05) is 20.8 Å². The molecule has 1 unspecified atom stereocenters. The summed E-state index contributed by atoms with van der Waals surface area (Å²) in [6.45, 7) is 8.01. The minimum Gasteiger partial charge on any atom is -0.362 e. The third-order valence-corrected chi connectivity index (χ3v) is 3.99. The summed E-state index contributed by atoms with van der Waals surface area (Å²) in [5, 5.41) is 18.8. The van der Waals surface area contributed by atoms with Crippen molar-refractivity contribution in [2.45, 2.75) is 46.1 Å². The maximum absolute atomic E-state index is 11.3. The second-order valence-corrected chi connectivity index (χ2v) is 6.54. The molecule has 20 heavy (non-hydrogen) atoms. The van der Waals surface area contributed by atoms with Gasteiger partial charge in [-0.15, -0.1) is 0 Å². The van der Waals surface area contributed by atoms with Crippen LogP contribution in [0.3, 0.4) is 0 Å². The SMILES string of the molecule is CCSCCC(C)Nc1c([N+](=O)[O-])c(C(C)C)nn1C. The lowest BCUT2D eigenvalue weighted by atomic mass is 10.1. The first-order valence-corrected chi connectivity index (χ1v) is 8.09. The quantitative estimate of drug-likeness (QED) is 0.452. The molecule has 1 heterocycles. The fourth-order valence-electron chi connectivity index (χ4n) is 1.97. The van der Waals surface area contributed by atoms with Crippen molar-refractivity contribution in [2.75, 3.05) is 16.8 Å². The first-order chi connectivity index (χ1) is 9.38. The summed E-state index contributed by atoms with van der Waals surface area (Å²) in [5.41, 5.74) is 0.646. The summed E-state index contributed by atoms with van der Waals surface area (Å²) in [5.74, 6) is 2.68. The minimum atomic E-state index is -0.335. The van der Waals surface area contributed by atoms with Gasteiger partial charge in [-0.2, -0.15) is 16.9 Å². The number of hydrogen-bond acceptors (Lipinski definition) is 5. The van der Waals surface area contributed by atoms with Gasteiger partial charge in [0.15, 0.2) is 0 Å². The van der Waals surface area contributed by atoms with Crippen molar-refractivity contribution >= 4 is 23.3 Å². The van der Waals surface area contributed by atoms with Gasteiger partial charge in [-0.25, -0.2) is 4.68 Å². The number of aromatic nitrogens is 2. The largest absolute Gasteiger partial charge is 0.362 e. The van der Waals surface area contributed by atoms with Crippen LogP contribution in [0.2, 0.25) is 0 Å². The van der Waals surface area contributed by atoms with Crippen molar-refractivity contribution in [3.8, 4) is 0 Å². The maximum atomic E-state index is 11.3. The summed E-state index contributed by atoms with van der Waals surface area (Å²) in [4.78, 5) is 11.0. The van der Waals surface area contributed by atoms with Gasteiger partial charge in [-0.05, 0) is 24.9 Å². The van der Waals surface area contributed by atoms with Gasteiger partial charge in [0, 0.05) is 19.0 Å². The van der Waals surface area contributed by atoms with E-state index in [-0.39, 0.29) is 22.6 Å². The molecule has 1 aromatic rings. The van der Waals surface area contributed by atoms with Crippen LogP contribution in [-0.4, -0.2) is 32.3 Å². The predicted octanol–water partition coefficient (Wildman–Crippen LogP) is 3.40. The molecular weight excluding hydrogens is 276 g/mol. The van der Waals surface area contributed by atoms with Gasteiger partial charge in [-0.3, -0.25) is 10.1 Å². The highest BCUT2D eigenvalue weighted by molar-refractivity contribution is 7.99. The number of hydrogen-bond donors (Lipinski definition) is 1. The van der Waals surface area contributed by atoms with Crippen molar-refractivity contribution in [3.05, 3.63) is 15.8 Å². The van der Waals surface area contributed by atoms with E-state index in [1.54, 1.807) is 11.7 Å². The number of nitrogens with zero attached hydrogens (tertiary/aromatic N) is 3. The van der Waals surface area contributed by atoms with Gasteiger partial charge < -0.3 is 5.32 Å². The molecule has 1 aromatic heterocycles. The number of rotatable bonds is 8. The third-order valence-electron chi connectivity index (χ3n) is 3.06. The summed E-state index contributed by atoms with van der Waals surface area (Å²) >= 11 is 1.88. The van der Waals surface area contributed by atoms with Gasteiger partial charge in [0.1, 0.15) is 5.69 Å². The van der Waals surface area contributed by atoms with E-state index in [1.165, 1.54) is 0 Å². The first kappa shape index (κ1) is 16.8. The van der Waals surface area contributed by atoms with Crippen LogP contribution in [0, 0.1) is 10.1 Å². The number of nitrogens with one attached hydrogen (secondary N) is 1. The molecule has 0 aliphatic carbocycles. The zero-order valence-electron chi connectivity index (χ0n) is 12.8. The zero-order valence-corrected chi connectivity index (χ0v) is 13.7. The lowest BCUT2D eigenvalue weighted by molar-refractivity contribution is -0.384. The van der Waals surface area contributed by atoms with Crippen molar-refractivity contribution in [3.63, 3.8) is 0 Å². The van der Waals surface area contributed by atoms with Crippen molar-refractivity contribution in [1.82, 2.24) is 9.78 Å². The van der Waals surface area contributed by atoms with E-state index in [1.807, 2.05) is 32.5 Å². The Labute approximate surface area is 124 Å². The monoisotopic (exact) mass is 300 g/mol. The molecule has 0 fully saturated rings. The maximum Gasteiger partial charge on any atom is 0.334 e. The molecule has 0 saturated heterocycles. The highest BCUT2D eigenvalue weighted by Gasteiger charge is 2.28. The number of aryl methyl sites for hydroxylation is 1. The van der Waals surface area contributed by atoms with Crippen molar-refractivity contribution in [1.29, 1.82) is 0 Å². The highest BCUT2D eigenvalue weighted by atomic mass is 32.2. The summed E-state index contributed by atoms with van der Waals surface area (Å²) in [7, 11) is 1.74. The predicted molar refractivity (Wildman–Crippen MR) is 84.7 cm³/mol. The van der Waals surface area contributed by atoms with Gasteiger partial charge in [0.2, 0.25) is 5.82 Å². The van der Waals surface area contributed by atoms with E-state index in [2.05, 4.69) is 17.3 Å². The molecule has 0 saturated carbocycles. The molecule has 7 heteroatoms. The molecule has 6 nitrogen and oxygen atoms in total. The molecule has 1 N–H and O–H groups in total. The number of nitro groups is 1. The van der Waals surface area contributed by atoms with Crippen LogP contribution in [0.5, 0.6) is 0 Å². The van der Waals surface area contributed by atoms with E-state index < -0.39 is 0 Å². The molecule has 1 atom stereocenters. The van der Waals surface area contributed by atoms with Crippen LogP contribution in [0.1, 0.15) is 45.7 Å². The zero-order chi connectivity index (χ0) is 15.3. The molecule has 0 radical (unpaired) electrons. The van der Waals surface area contributed by atoms with Crippen molar-refractivity contribution < 1.29 is 4.92 Å². The number of thioether (sulfide) groups is 1. The molecule has 0 amide bonds. The van der Waals surface area contributed by atoms with Crippen LogP contribution < -0.4 is 5.32 Å². The molecule has 0 aliphatic rings. The average Bonchev–Trinajstić information content (AvgIpc) is 2.67. The molecule has 114 valence electrons. The van der Waals surface area contributed by atoms with Crippen LogP contribution in [-0.2, 0) is 7.05 Å². The van der Waals surface area contributed by atoms with Gasteiger partial charge >= 0.3 is 5.69 Å². The first-order valence-electron chi connectivity index (χ1n) is 6.94. The molecule has 0 spiro atoms. The van der Waals surface area contributed by atoms with Crippen molar-refractivity contribution in [2.24, 2.45) is 7.05 Å². The molecule has 0 bridgehead atoms. The fraction of sp³-hybridized carbons (Fsp3) is 0.769. The second kappa shape index (κ2) is 7.52. The van der Waals surface area contributed by atoms with E-state index in [0.29, 0.717) is 11.5 Å². The Kier molecular flexibility index (Phi) is 6.32. The lowest BCUT2D eigenvalue weighted by Gasteiger charge is -2.14. The van der Waals surface area contributed by atoms with Crippen LogP contribution in [0.25, 0.3) is 0 Å². The Bertz CT molecular complexity index is 459. The number of anilines is 1. The molecule has 0 aliphatic heterocycles. The Morgan fingerprint density at radius 1 is 1.45 bits per heavy atom. The topological polar surface area (TPSA) is 73.0 Å². The minimum absolute atomic E-state index is 0.0307. The smallest absolute Gasteiger partial charge is 0.334 e. The van der Waals surface area contributed by atoms with E-state index in [0.717, 1.165) is 17.9 Å². The molecular formula is C13H24N4O2S. The lowest BCUT2D eigenvalue weighted by Crippen LogP contribution is -2.19. The Morgan fingerprint density at radius 3 is 2.60 bits per heavy atom. The Hall–Kier alpha value is -1.24. The normalized spacial score (nSPS) is 12.7. The van der Waals surface area contributed by atoms with E-state index >= 15 is 0 Å². The van der Waals surface area contributed by atoms with E-state index in [4.69, 9.17) is 0 Å². The summed E-state index contributed by atoms with van der Waals surface area (Å²) in [6.07, 6.45) is 0.970. The fourth-order valence-corrected chi connectivity index (χ4v) is 2.78. The standard InChI is InChI=1S/C13H24N4O2S/c1-6-20-8-7-10(4)14-13-12(17(18)19)11(9(2)3)15-16(13)5/h9-10,14H,6-8H2,1-5H3. The highest BCUT2D eigenvalue weighted by Crippen LogP contribution is 2.33. The average molecular weight is 300 g/mol. The van der Waals surface area contributed by atoms with Crippen LogP contribution >= 0.6 is 11.8 Å². The van der Waals surface area contributed by atoms with E-state index in [9.17, 15) is 10.1 Å². The Balaban J connectivity index is 2.91. The third kappa shape index (κ3) is 4.13. The summed E-state index contributed by atoms with van der Waals surface area (Å²) < 4.78 is 1.58. The molecule has 0 aromatic carbocycles. The Morgan fingerprint density at radius 2 is 2.10 bits per heavy atom. The van der Waals surface area contributed by atoms with Gasteiger partial charge in [0.25, 0.3) is 0 Å².